The molecule has 8 nitrogen and oxygen atoms in total. The summed E-state index contributed by atoms with van der Waals surface area (Å²) in [4.78, 5) is 19.3. The van der Waals surface area contributed by atoms with E-state index in [0.717, 1.165) is 22.0 Å². The van der Waals surface area contributed by atoms with Crippen molar-refractivity contribution in [2.75, 3.05) is 31.0 Å². The average molecular weight is 451 g/mol. The molecule has 0 spiro atoms. The molecular weight excluding hydrogens is 432 g/mol. The summed E-state index contributed by atoms with van der Waals surface area (Å²) in [7, 11) is -3.79. The molecule has 3 heterocycles. The first-order chi connectivity index (χ1) is 14.0. The number of aromatic nitrogens is 2. The molecule has 0 bridgehead atoms. The van der Waals surface area contributed by atoms with E-state index in [0.29, 0.717) is 32.1 Å². The van der Waals surface area contributed by atoms with E-state index in [4.69, 9.17) is 4.74 Å². The van der Waals surface area contributed by atoms with Crippen LogP contribution in [0.25, 0.3) is 10.4 Å². The molecule has 1 fully saturated rings. The molecule has 0 unspecified atom stereocenters. The van der Waals surface area contributed by atoms with Gasteiger partial charge in [-0.3, -0.25) is 9.52 Å². The predicted molar refractivity (Wildman–Crippen MR) is 112 cm³/mol. The quantitative estimate of drug-likeness (QED) is 0.619. The van der Waals surface area contributed by atoms with Crippen molar-refractivity contribution in [2.24, 2.45) is 0 Å². The van der Waals surface area contributed by atoms with Crippen molar-refractivity contribution in [3.8, 4) is 10.4 Å². The predicted octanol–water partition coefficient (Wildman–Crippen LogP) is 2.47. The Kier molecular flexibility index (Phi) is 5.90. The number of hydrogen-bond acceptors (Lipinski definition) is 8. The molecule has 3 aromatic rings. The van der Waals surface area contributed by atoms with Crippen LogP contribution in [0.4, 0.5) is 5.13 Å². The molecule has 1 aromatic carbocycles. The Bertz CT molecular complexity index is 1070. The van der Waals surface area contributed by atoms with Crippen LogP contribution in [-0.4, -0.2) is 54.9 Å². The van der Waals surface area contributed by atoms with Crippen molar-refractivity contribution >= 4 is 43.9 Å². The third kappa shape index (κ3) is 4.81. The summed E-state index contributed by atoms with van der Waals surface area (Å²) in [6.45, 7) is 2.13. The van der Waals surface area contributed by atoms with Crippen molar-refractivity contribution in [1.29, 1.82) is 0 Å². The summed E-state index contributed by atoms with van der Waals surface area (Å²) in [5.74, 6) is 0.210. The fourth-order valence-corrected chi connectivity index (χ4v) is 5.38. The Labute approximate surface area is 176 Å². The molecule has 11 heteroatoms. The Morgan fingerprint density at radius 2 is 1.93 bits per heavy atom. The number of morpholine rings is 1. The summed E-state index contributed by atoms with van der Waals surface area (Å²) >= 11 is 2.51. The fourth-order valence-electron chi connectivity index (χ4n) is 2.84. The number of thiophene rings is 1. The smallest absolute Gasteiger partial charge is 0.263 e. The van der Waals surface area contributed by atoms with Gasteiger partial charge in [-0.1, -0.05) is 18.2 Å². The highest BCUT2D eigenvalue weighted by molar-refractivity contribution is 7.93. The van der Waals surface area contributed by atoms with Crippen LogP contribution in [0.3, 0.4) is 0 Å². The highest BCUT2D eigenvalue weighted by Crippen LogP contribution is 2.26. The monoisotopic (exact) mass is 450 g/mol. The second kappa shape index (κ2) is 8.57. The molecule has 1 N–H and O–H groups in total. The van der Waals surface area contributed by atoms with E-state index >= 15 is 0 Å². The van der Waals surface area contributed by atoms with Crippen LogP contribution in [0.5, 0.6) is 0 Å². The summed E-state index contributed by atoms with van der Waals surface area (Å²) in [6, 6.07) is 10.6. The molecular formula is C18H18N4O4S3. The Morgan fingerprint density at radius 3 is 2.62 bits per heavy atom. The summed E-state index contributed by atoms with van der Waals surface area (Å²) in [6.07, 6.45) is 0.0355. The van der Waals surface area contributed by atoms with Gasteiger partial charge in [-0.2, -0.15) is 4.37 Å². The normalized spacial score (nSPS) is 14.7. The van der Waals surface area contributed by atoms with Gasteiger partial charge < -0.3 is 9.64 Å². The molecule has 2 aromatic heterocycles. The lowest BCUT2D eigenvalue weighted by molar-refractivity contribution is -0.134. The second-order valence-corrected chi connectivity index (χ2v) is 9.67. The Balaban J connectivity index is 1.41. The van der Waals surface area contributed by atoms with Crippen molar-refractivity contribution in [3.05, 3.63) is 47.6 Å². The van der Waals surface area contributed by atoms with E-state index in [1.165, 1.54) is 0 Å². The molecule has 1 amide bonds. The van der Waals surface area contributed by atoms with E-state index in [1.807, 2.05) is 17.5 Å². The summed E-state index contributed by atoms with van der Waals surface area (Å²) in [5.41, 5.74) is 0.957. The molecule has 1 saturated heterocycles. The van der Waals surface area contributed by atoms with E-state index in [1.54, 1.807) is 40.5 Å². The third-order valence-corrected chi connectivity index (χ3v) is 7.40. The van der Waals surface area contributed by atoms with Gasteiger partial charge in [-0.05, 0) is 29.1 Å². The van der Waals surface area contributed by atoms with Crippen LogP contribution in [0, 0.1) is 0 Å². The molecule has 0 radical (unpaired) electrons. The highest BCUT2D eigenvalue weighted by Gasteiger charge is 2.21. The van der Waals surface area contributed by atoms with E-state index in [2.05, 4.69) is 14.1 Å². The fraction of sp³-hybridized carbons (Fsp3) is 0.278. The third-order valence-electron chi connectivity index (χ3n) is 4.33. The first-order valence-electron chi connectivity index (χ1n) is 8.86. The van der Waals surface area contributed by atoms with Crippen LogP contribution in [0.15, 0.2) is 46.7 Å². The van der Waals surface area contributed by atoms with Crippen LogP contribution < -0.4 is 4.72 Å². The maximum Gasteiger partial charge on any atom is 0.263 e. The van der Waals surface area contributed by atoms with Crippen LogP contribution in [-0.2, 0) is 26.0 Å². The van der Waals surface area contributed by atoms with Crippen LogP contribution in [0.1, 0.15) is 5.82 Å². The van der Waals surface area contributed by atoms with Gasteiger partial charge in [-0.25, -0.2) is 13.4 Å². The lowest BCUT2D eigenvalue weighted by Gasteiger charge is -2.26. The second-order valence-electron chi connectivity index (χ2n) is 6.29. The molecule has 0 aliphatic carbocycles. The Hall–Kier alpha value is -2.34. The van der Waals surface area contributed by atoms with E-state index < -0.39 is 10.0 Å². The number of anilines is 1. The van der Waals surface area contributed by atoms with E-state index in [9.17, 15) is 13.2 Å². The van der Waals surface area contributed by atoms with Gasteiger partial charge in [0, 0.05) is 29.5 Å². The molecule has 29 heavy (non-hydrogen) atoms. The minimum absolute atomic E-state index is 0.0355. The van der Waals surface area contributed by atoms with Crippen molar-refractivity contribution < 1.29 is 17.9 Å². The minimum atomic E-state index is -3.79. The number of nitrogens with zero attached hydrogens (tertiary/aromatic N) is 3. The Morgan fingerprint density at radius 1 is 1.17 bits per heavy atom. The van der Waals surface area contributed by atoms with Gasteiger partial charge in [0.15, 0.2) is 5.82 Å². The zero-order valence-corrected chi connectivity index (χ0v) is 17.7. The molecule has 1 aliphatic rings. The first-order valence-corrected chi connectivity index (χ1v) is 12.0. The molecule has 4 rings (SSSR count). The topological polar surface area (TPSA) is 101 Å². The van der Waals surface area contributed by atoms with Gasteiger partial charge in [0.2, 0.25) is 11.0 Å². The number of benzene rings is 1. The number of nitrogens with one attached hydrogen (secondary N) is 1. The maximum absolute atomic E-state index is 12.6. The standard InChI is InChI=1S/C18H18N4O4S3/c23-17(22-7-9-26-10-8-22)12-16-19-18(28-20-16)21-29(24,25)14-5-3-13(4-6-14)15-2-1-11-27-15/h1-6,11H,7-10,12H2,(H,19,20,21). The van der Waals surface area contributed by atoms with Gasteiger partial charge >= 0.3 is 0 Å². The molecule has 152 valence electrons. The summed E-state index contributed by atoms with van der Waals surface area (Å²) in [5, 5.41) is 2.11. The average Bonchev–Trinajstić information content (AvgIpc) is 3.41. The van der Waals surface area contributed by atoms with Crippen LogP contribution >= 0.6 is 22.9 Å². The number of amides is 1. The molecule has 1 aliphatic heterocycles. The minimum Gasteiger partial charge on any atom is -0.378 e. The SMILES string of the molecule is O=C(Cc1nsc(NS(=O)(=O)c2ccc(-c3cccs3)cc2)n1)N1CCOCC1. The van der Waals surface area contributed by atoms with Gasteiger partial charge in [-0.15, -0.1) is 11.3 Å². The van der Waals surface area contributed by atoms with Crippen molar-refractivity contribution in [3.63, 3.8) is 0 Å². The van der Waals surface area contributed by atoms with Crippen molar-refractivity contribution in [1.82, 2.24) is 14.3 Å². The number of sulfonamides is 1. The molecule has 0 atom stereocenters. The number of ether oxygens (including phenoxy) is 1. The van der Waals surface area contributed by atoms with Gasteiger partial charge in [0.25, 0.3) is 10.0 Å². The van der Waals surface area contributed by atoms with Crippen LogP contribution in [0.2, 0.25) is 0 Å². The molecule has 0 saturated carbocycles. The van der Waals surface area contributed by atoms with Gasteiger partial charge in [0.1, 0.15) is 0 Å². The summed E-state index contributed by atoms with van der Waals surface area (Å²) < 4.78 is 37.0. The highest BCUT2D eigenvalue weighted by atomic mass is 32.2. The largest absolute Gasteiger partial charge is 0.378 e. The number of carbonyl (C=O) groups is 1. The van der Waals surface area contributed by atoms with E-state index in [-0.39, 0.29) is 22.4 Å². The zero-order valence-electron chi connectivity index (χ0n) is 15.3. The van der Waals surface area contributed by atoms with Crippen molar-refractivity contribution in [2.45, 2.75) is 11.3 Å². The van der Waals surface area contributed by atoms with Gasteiger partial charge in [0.05, 0.1) is 24.5 Å². The number of carbonyl (C=O) groups excluding carboxylic acids is 1. The lowest BCUT2D eigenvalue weighted by atomic mass is 10.2. The number of hydrogen-bond donors (Lipinski definition) is 1. The number of rotatable bonds is 6. The zero-order chi connectivity index (χ0) is 20.3. The first kappa shape index (κ1) is 20.0. The lowest BCUT2D eigenvalue weighted by Crippen LogP contribution is -2.41. The maximum atomic E-state index is 12.6.